The van der Waals surface area contributed by atoms with Crippen molar-refractivity contribution >= 4 is 11.7 Å². The van der Waals surface area contributed by atoms with E-state index in [1.54, 1.807) is 14.2 Å². The van der Waals surface area contributed by atoms with Crippen LogP contribution in [0.1, 0.15) is 75.1 Å². The van der Waals surface area contributed by atoms with Crippen molar-refractivity contribution in [2.45, 2.75) is 58.4 Å². The molecule has 2 aromatic rings. The highest BCUT2D eigenvalue weighted by atomic mass is 16.5. The SMILES string of the molecule is COc1ccc(OC)c(C2CCCN2C(=O)Nc2c(C(C)C)cccc2C(C)C)c1. The molecule has 1 heterocycles. The summed E-state index contributed by atoms with van der Waals surface area (Å²) in [5.74, 6) is 2.20. The van der Waals surface area contributed by atoms with Crippen molar-refractivity contribution in [3.05, 3.63) is 53.1 Å². The van der Waals surface area contributed by atoms with E-state index in [2.05, 4.69) is 51.2 Å². The van der Waals surface area contributed by atoms with Crippen LogP contribution in [-0.2, 0) is 0 Å². The Morgan fingerprint density at radius 2 is 1.70 bits per heavy atom. The fraction of sp³-hybridized carbons (Fsp3) is 0.480. The van der Waals surface area contributed by atoms with Crippen molar-refractivity contribution in [2.75, 3.05) is 26.1 Å². The normalized spacial score (nSPS) is 16.3. The van der Waals surface area contributed by atoms with E-state index >= 15 is 0 Å². The summed E-state index contributed by atoms with van der Waals surface area (Å²) in [4.78, 5) is 15.4. The van der Waals surface area contributed by atoms with E-state index in [4.69, 9.17) is 9.47 Å². The van der Waals surface area contributed by atoms with Crippen LogP contribution in [0.5, 0.6) is 11.5 Å². The fourth-order valence-electron chi connectivity index (χ4n) is 4.31. The van der Waals surface area contributed by atoms with Gasteiger partial charge in [-0.2, -0.15) is 0 Å². The van der Waals surface area contributed by atoms with Crippen LogP contribution in [0.3, 0.4) is 0 Å². The first-order chi connectivity index (χ1) is 14.4. The summed E-state index contributed by atoms with van der Waals surface area (Å²) in [5.41, 5.74) is 4.29. The van der Waals surface area contributed by atoms with Gasteiger partial charge in [-0.05, 0) is 54.0 Å². The van der Waals surface area contributed by atoms with Gasteiger partial charge in [0, 0.05) is 17.8 Å². The summed E-state index contributed by atoms with van der Waals surface area (Å²) >= 11 is 0. The number of benzene rings is 2. The Hall–Kier alpha value is -2.69. The quantitative estimate of drug-likeness (QED) is 0.606. The van der Waals surface area contributed by atoms with Crippen molar-refractivity contribution in [3.8, 4) is 11.5 Å². The van der Waals surface area contributed by atoms with Crippen LogP contribution in [0.4, 0.5) is 10.5 Å². The first-order valence-corrected chi connectivity index (χ1v) is 10.8. The lowest BCUT2D eigenvalue weighted by atomic mass is 9.92. The van der Waals surface area contributed by atoms with Crippen LogP contribution in [0, 0.1) is 0 Å². The first-order valence-electron chi connectivity index (χ1n) is 10.8. The Morgan fingerprint density at radius 1 is 1.03 bits per heavy atom. The third-order valence-corrected chi connectivity index (χ3v) is 5.91. The number of nitrogens with zero attached hydrogens (tertiary/aromatic N) is 1. The number of ether oxygens (including phenoxy) is 2. The van der Waals surface area contributed by atoms with Crippen molar-refractivity contribution < 1.29 is 14.3 Å². The Labute approximate surface area is 180 Å². The highest BCUT2D eigenvalue weighted by molar-refractivity contribution is 5.92. The van der Waals surface area contributed by atoms with Crippen LogP contribution in [0.25, 0.3) is 0 Å². The van der Waals surface area contributed by atoms with Crippen molar-refractivity contribution in [1.29, 1.82) is 0 Å². The summed E-state index contributed by atoms with van der Waals surface area (Å²) in [6.45, 7) is 9.37. The molecule has 0 radical (unpaired) electrons. The average molecular weight is 411 g/mol. The van der Waals surface area contributed by atoms with Crippen LogP contribution in [0.2, 0.25) is 0 Å². The lowest BCUT2D eigenvalue weighted by Crippen LogP contribution is -2.35. The van der Waals surface area contributed by atoms with Crippen LogP contribution < -0.4 is 14.8 Å². The molecule has 30 heavy (non-hydrogen) atoms. The topological polar surface area (TPSA) is 50.8 Å². The van der Waals surface area contributed by atoms with Crippen molar-refractivity contribution in [2.24, 2.45) is 0 Å². The maximum Gasteiger partial charge on any atom is 0.322 e. The molecule has 2 amide bonds. The Balaban J connectivity index is 1.93. The number of urea groups is 1. The molecule has 3 rings (SSSR count). The smallest absolute Gasteiger partial charge is 0.322 e. The van der Waals surface area contributed by atoms with Gasteiger partial charge < -0.3 is 19.7 Å². The van der Waals surface area contributed by atoms with Crippen molar-refractivity contribution in [3.63, 3.8) is 0 Å². The lowest BCUT2D eigenvalue weighted by molar-refractivity contribution is 0.206. The molecule has 0 aliphatic carbocycles. The molecule has 1 aliphatic rings. The number of methoxy groups -OCH3 is 2. The van der Waals surface area contributed by atoms with Gasteiger partial charge in [-0.3, -0.25) is 0 Å². The van der Waals surface area contributed by atoms with Gasteiger partial charge in [0.15, 0.2) is 0 Å². The van der Waals surface area contributed by atoms with Gasteiger partial charge in [0.2, 0.25) is 0 Å². The van der Waals surface area contributed by atoms with E-state index in [9.17, 15) is 4.79 Å². The molecule has 1 aliphatic heterocycles. The summed E-state index contributed by atoms with van der Waals surface area (Å²) in [6.07, 6.45) is 1.86. The zero-order chi connectivity index (χ0) is 21.8. The average Bonchev–Trinajstić information content (AvgIpc) is 3.22. The number of carbonyl (C=O) groups excluding carboxylic acids is 1. The van der Waals surface area contributed by atoms with Gasteiger partial charge in [0.25, 0.3) is 0 Å². The highest BCUT2D eigenvalue weighted by Gasteiger charge is 2.33. The zero-order valence-electron chi connectivity index (χ0n) is 19.0. The predicted molar refractivity (Wildman–Crippen MR) is 122 cm³/mol. The van der Waals surface area contributed by atoms with Crippen molar-refractivity contribution in [1.82, 2.24) is 4.90 Å². The Bertz CT molecular complexity index is 866. The Morgan fingerprint density at radius 3 is 2.27 bits per heavy atom. The molecule has 1 N–H and O–H groups in total. The molecule has 1 saturated heterocycles. The van der Waals surface area contributed by atoms with E-state index in [1.807, 2.05) is 23.1 Å². The molecule has 1 unspecified atom stereocenters. The number of amides is 2. The van der Waals surface area contributed by atoms with Gasteiger partial charge in [-0.25, -0.2) is 4.79 Å². The zero-order valence-corrected chi connectivity index (χ0v) is 19.0. The van der Waals surface area contributed by atoms with E-state index in [-0.39, 0.29) is 12.1 Å². The Kier molecular flexibility index (Phi) is 6.91. The molecule has 1 atom stereocenters. The van der Waals surface area contributed by atoms with Gasteiger partial charge in [-0.15, -0.1) is 0 Å². The lowest BCUT2D eigenvalue weighted by Gasteiger charge is -2.28. The van der Waals surface area contributed by atoms with E-state index < -0.39 is 0 Å². The number of anilines is 1. The number of hydrogen-bond donors (Lipinski definition) is 1. The number of carbonyl (C=O) groups is 1. The molecular formula is C25H34N2O3. The maximum atomic E-state index is 13.4. The second-order valence-corrected chi connectivity index (χ2v) is 8.51. The molecule has 162 valence electrons. The van der Waals surface area contributed by atoms with Crippen LogP contribution >= 0.6 is 0 Å². The van der Waals surface area contributed by atoms with E-state index in [1.165, 1.54) is 11.1 Å². The minimum absolute atomic E-state index is 0.0382. The third-order valence-electron chi connectivity index (χ3n) is 5.91. The van der Waals surface area contributed by atoms with Gasteiger partial charge in [0.05, 0.1) is 20.3 Å². The predicted octanol–water partition coefficient (Wildman–Crippen LogP) is 6.32. The van der Waals surface area contributed by atoms with Crippen LogP contribution in [-0.4, -0.2) is 31.7 Å². The van der Waals surface area contributed by atoms with Gasteiger partial charge in [-0.1, -0.05) is 45.9 Å². The summed E-state index contributed by atoms with van der Waals surface area (Å²) in [5, 5.41) is 3.26. The molecule has 1 fully saturated rings. The number of nitrogens with one attached hydrogen (secondary N) is 1. The number of para-hydroxylation sites is 1. The number of likely N-dealkylation sites (tertiary alicyclic amines) is 1. The first kappa shape index (κ1) is 22.0. The summed E-state index contributed by atoms with van der Waals surface area (Å²) < 4.78 is 11.0. The molecule has 0 saturated carbocycles. The monoisotopic (exact) mass is 410 g/mol. The summed E-state index contributed by atoms with van der Waals surface area (Å²) in [6, 6.07) is 12.0. The fourth-order valence-corrected chi connectivity index (χ4v) is 4.31. The second-order valence-electron chi connectivity index (χ2n) is 8.51. The van der Waals surface area contributed by atoms with Gasteiger partial charge >= 0.3 is 6.03 Å². The molecule has 5 heteroatoms. The highest BCUT2D eigenvalue weighted by Crippen LogP contribution is 2.40. The maximum absolute atomic E-state index is 13.4. The molecule has 2 aromatic carbocycles. The largest absolute Gasteiger partial charge is 0.497 e. The van der Waals surface area contributed by atoms with Gasteiger partial charge in [0.1, 0.15) is 11.5 Å². The molecule has 0 bridgehead atoms. The number of rotatable bonds is 6. The van der Waals surface area contributed by atoms with E-state index in [0.717, 1.165) is 42.1 Å². The summed E-state index contributed by atoms with van der Waals surface area (Å²) in [7, 11) is 3.32. The van der Waals surface area contributed by atoms with Crippen LogP contribution in [0.15, 0.2) is 36.4 Å². The standard InChI is InChI=1S/C25H34N2O3/c1-16(2)19-9-7-10-20(17(3)4)24(19)26-25(28)27-14-8-11-22(27)21-15-18(29-5)12-13-23(21)30-6/h7,9-10,12-13,15-17,22H,8,11,14H2,1-6H3,(H,26,28). The molecule has 0 spiro atoms. The molecular weight excluding hydrogens is 376 g/mol. The minimum atomic E-state index is -0.0580. The minimum Gasteiger partial charge on any atom is -0.497 e. The second kappa shape index (κ2) is 9.41. The third kappa shape index (κ3) is 4.40. The van der Waals surface area contributed by atoms with E-state index in [0.29, 0.717) is 11.8 Å². The molecule has 0 aromatic heterocycles. The number of hydrogen-bond acceptors (Lipinski definition) is 3. The molecule has 5 nitrogen and oxygen atoms in total.